The van der Waals surface area contributed by atoms with E-state index in [1.807, 2.05) is 0 Å². The maximum absolute atomic E-state index is 12.4. The first-order valence-electron chi connectivity index (χ1n) is 6.38. The molecular formula is C14H19NO3. The lowest BCUT2D eigenvalue weighted by atomic mass is 9.66. The molecule has 1 atom stereocenters. The van der Waals surface area contributed by atoms with Gasteiger partial charge in [0, 0.05) is 17.7 Å². The summed E-state index contributed by atoms with van der Waals surface area (Å²) < 4.78 is 0. The smallest absolute Gasteiger partial charge is 0.352 e. The molecule has 0 radical (unpaired) electrons. The molecule has 4 heteroatoms. The van der Waals surface area contributed by atoms with E-state index in [0.717, 1.165) is 19.3 Å². The van der Waals surface area contributed by atoms with E-state index in [2.05, 4.69) is 18.8 Å². The number of nitrogens with one attached hydrogen (secondary N) is 1. The fourth-order valence-electron chi connectivity index (χ4n) is 2.84. The van der Waals surface area contributed by atoms with Gasteiger partial charge < -0.3 is 10.1 Å². The molecule has 1 aliphatic rings. The molecule has 1 aliphatic carbocycles. The molecule has 0 amide bonds. The number of hydrogen-bond donors (Lipinski definition) is 2. The zero-order valence-electron chi connectivity index (χ0n) is 10.8. The lowest BCUT2D eigenvalue weighted by molar-refractivity contribution is 0.0689. The van der Waals surface area contributed by atoms with E-state index in [1.165, 1.54) is 18.7 Å². The molecule has 0 aliphatic heterocycles. The highest BCUT2D eigenvalue weighted by Gasteiger charge is 2.37. The molecule has 0 saturated heterocycles. The van der Waals surface area contributed by atoms with Crippen molar-refractivity contribution in [3.8, 4) is 0 Å². The molecule has 1 saturated carbocycles. The molecule has 18 heavy (non-hydrogen) atoms. The Morgan fingerprint density at radius 3 is 2.67 bits per heavy atom. The maximum atomic E-state index is 12.4. The molecule has 2 N–H and O–H groups in total. The van der Waals surface area contributed by atoms with Gasteiger partial charge in [-0.3, -0.25) is 4.79 Å². The van der Waals surface area contributed by atoms with Crippen molar-refractivity contribution in [3.05, 3.63) is 23.5 Å². The van der Waals surface area contributed by atoms with Gasteiger partial charge in [-0.25, -0.2) is 4.79 Å². The number of hydrogen-bond acceptors (Lipinski definition) is 2. The summed E-state index contributed by atoms with van der Waals surface area (Å²) in [4.78, 5) is 25.9. The minimum Gasteiger partial charge on any atom is -0.477 e. The van der Waals surface area contributed by atoms with Crippen molar-refractivity contribution in [2.45, 2.75) is 39.5 Å². The molecule has 1 fully saturated rings. The Morgan fingerprint density at radius 1 is 1.39 bits per heavy atom. The van der Waals surface area contributed by atoms with E-state index in [1.54, 1.807) is 0 Å². The van der Waals surface area contributed by atoms with E-state index < -0.39 is 5.97 Å². The number of aromatic amines is 1. The van der Waals surface area contributed by atoms with Crippen molar-refractivity contribution in [2.75, 3.05) is 0 Å². The van der Waals surface area contributed by atoms with Crippen LogP contribution in [-0.2, 0) is 0 Å². The Balaban J connectivity index is 2.21. The summed E-state index contributed by atoms with van der Waals surface area (Å²) in [6.45, 7) is 4.25. The van der Waals surface area contributed by atoms with Gasteiger partial charge >= 0.3 is 5.97 Å². The van der Waals surface area contributed by atoms with Crippen LogP contribution in [0.3, 0.4) is 0 Å². The van der Waals surface area contributed by atoms with Crippen LogP contribution < -0.4 is 0 Å². The van der Waals surface area contributed by atoms with Crippen LogP contribution in [0.4, 0.5) is 0 Å². The minimum absolute atomic E-state index is 0.00342. The first kappa shape index (κ1) is 12.9. The van der Waals surface area contributed by atoms with E-state index in [9.17, 15) is 9.59 Å². The molecule has 4 nitrogen and oxygen atoms in total. The SMILES string of the molecule is CC1(C)CCCCC1C(=O)c1c[nH]c(C(=O)O)c1. The quantitative estimate of drug-likeness (QED) is 0.808. The molecule has 98 valence electrons. The molecule has 1 aromatic rings. The number of aromatic nitrogens is 1. The van der Waals surface area contributed by atoms with E-state index >= 15 is 0 Å². The van der Waals surface area contributed by atoms with Gasteiger partial charge in [0.25, 0.3) is 0 Å². The van der Waals surface area contributed by atoms with Crippen LogP contribution in [0.5, 0.6) is 0 Å². The molecule has 1 aromatic heterocycles. The third-order valence-electron chi connectivity index (χ3n) is 4.02. The highest BCUT2D eigenvalue weighted by molar-refractivity contribution is 6.00. The molecule has 0 aromatic carbocycles. The van der Waals surface area contributed by atoms with Crippen LogP contribution in [0.25, 0.3) is 0 Å². The number of ketones is 1. The van der Waals surface area contributed by atoms with Gasteiger partial charge in [-0.2, -0.15) is 0 Å². The number of carboxylic acids is 1. The highest BCUT2D eigenvalue weighted by Crippen LogP contribution is 2.42. The molecule has 1 heterocycles. The largest absolute Gasteiger partial charge is 0.477 e. The number of carbonyl (C=O) groups is 2. The van der Waals surface area contributed by atoms with Gasteiger partial charge in [0.2, 0.25) is 0 Å². The second-order valence-electron chi connectivity index (χ2n) is 5.76. The lowest BCUT2D eigenvalue weighted by Crippen LogP contribution is -2.33. The van der Waals surface area contributed by atoms with Gasteiger partial charge in [-0.1, -0.05) is 26.7 Å². The summed E-state index contributed by atoms with van der Waals surface area (Å²) in [7, 11) is 0. The zero-order chi connectivity index (χ0) is 13.3. The Hall–Kier alpha value is -1.58. The number of aromatic carboxylic acids is 1. The average molecular weight is 249 g/mol. The van der Waals surface area contributed by atoms with Gasteiger partial charge in [-0.05, 0) is 24.3 Å². The fourth-order valence-corrected chi connectivity index (χ4v) is 2.84. The lowest BCUT2D eigenvalue weighted by Gasteiger charge is -2.37. The van der Waals surface area contributed by atoms with Crippen LogP contribution >= 0.6 is 0 Å². The van der Waals surface area contributed by atoms with Crippen molar-refractivity contribution in [1.82, 2.24) is 4.98 Å². The van der Waals surface area contributed by atoms with E-state index in [-0.39, 0.29) is 22.8 Å². The Kier molecular flexibility index (Phi) is 3.28. The van der Waals surface area contributed by atoms with E-state index in [4.69, 9.17) is 5.11 Å². The Bertz CT molecular complexity index is 473. The molecular weight excluding hydrogens is 230 g/mol. The fraction of sp³-hybridized carbons (Fsp3) is 0.571. The van der Waals surface area contributed by atoms with Crippen LogP contribution in [0.15, 0.2) is 12.3 Å². The third kappa shape index (κ3) is 2.33. The minimum atomic E-state index is -1.03. The zero-order valence-corrected chi connectivity index (χ0v) is 10.8. The molecule has 2 rings (SSSR count). The topological polar surface area (TPSA) is 70.2 Å². The number of carboxylic acid groups (broad SMARTS) is 1. The predicted molar refractivity (Wildman–Crippen MR) is 67.8 cm³/mol. The van der Waals surface area contributed by atoms with Crippen LogP contribution in [0, 0.1) is 11.3 Å². The van der Waals surface area contributed by atoms with Crippen molar-refractivity contribution in [2.24, 2.45) is 11.3 Å². The predicted octanol–water partition coefficient (Wildman–Crippen LogP) is 3.11. The first-order valence-corrected chi connectivity index (χ1v) is 6.38. The summed E-state index contributed by atoms with van der Waals surface area (Å²) in [5, 5.41) is 8.85. The second kappa shape index (κ2) is 4.59. The van der Waals surface area contributed by atoms with Gasteiger partial charge in [0.15, 0.2) is 5.78 Å². The normalized spacial score (nSPS) is 22.7. The van der Waals surface area contributed by atoms with Gasteiger partial charge in [0.05, 0.1) is 0 Å². The van der Waals surface area contributed by atoms with Crippen molar-refractivity contribution >= 4 is 11.8 Å². The first-order chi connectivity index (χ1) is 8.42. The van der Waals surface area contributed by atoms with E-state index in [0.29, 0.717) is 5.56 Å². The second-order valence-corrected chi connectivity index (χ2v) is 5.76. The van der Waals surface area contributed by atoms with Crippen molar-refractivity contribution in [1.29, 1.82) is 0 Å². The summed E-state index contributed by atoms with van der Waals surface area (Å²) >= 11 is 0. The van der Waals surface area contributed by atoms with Crippen molar-refractivity contribution in [3.63, 3.8) is 0 Å². The summed E-state index contributed by atoms with van der Waals surface area (Å²) in [6.07, 6.45) is 5.72. The van der Waals surface area contributed by atoms with Crippen LogP contribution in [0.2, 0.25) is 0 Å². The molecule has 0 spiro atoms. The van der Waals surface area contributed by atoms with Crippen molar-refractivity contribution < 1.29 is 14.7 Å². The summed E-state index contributed by atoms with van der Waals surface area (Å²) in [5.41, 5.74) is 0.579. The average Bonchev–Trinajstić information content (AvgIpc) is 2.77. The monoisotopic (exact) mass is 249 g/mol. The number of H-pyrrole nitrogens is 1. The van der Waals surface area contributed by atoms with Gasteiger partial charge in [0.1, 0.15) is 5.69 Å². The molecule has 0 bridgehead atoms. The summed E-state index contributed by atoms with van der Waals surface area (Å²) in [6, 6.07) is 1.44. The summed E-state index contributed by atoms with van der Waals surface area (Å²) in [5.74, 6) is -0.955. The van der Waals surface area contributed by atoms with Crippen LogP contribution in [-0.4, -0.2) is 21.8 Å². The number of Topliss-reactive ketones (excluding diaryl/α,β-unsaturated/α-hetero) is 1. The van der Waals surface area contributed by atoms with Crippen LogP contribution in [0.1, 0.15) is 60.4 Å². The Morgan fingerprint density at radius 2 is 2.11 bits per heavy atom. The standard InChI is InChI=1S/C14H19NO3/c1-14(2)6-4-3-5-10(14)12(16)9-7-11(13(17)18)15-8-9/h7-8,10,15H,3-6H2,1-2H3,(H,17,18). The number of rotatable bonds is 3. The maximum Gasteiger partial charge on any atom is 0.352 e. The molecule has 1 unspecified atom stereocenters. The number of carbonyl (C=O) groups excluding carboxylic acids is 1. The third-order valence-corrected chi connectivity index (χ3v) is 4.02. The van der Waals surface area contributed by atoms with Gasteiger partial charge in [-0.15, -0.1) is 0 Å². The highest BCUT2D eigenvalue weighted by atomic mass is 16.4. The Labute approximate surface area is 106 Å².